The van der Waals surface area contributed by atoms with Gasteiger partial charge in [0, 0.05) is 13.0 Å². The summed E-state index contributed by atoms with van der Waals surface area (Å²) in [5.41, 5.74) is 10.1. The van der Waals surface area contributed by atoms with Crippen LogP contribution in [-0.2, 0) is 0 Å². The van der Waals surface area contributed by atoms with Crippen LogP contribution in [0.25, 0.3) is 0 Å². The van der Waals surface area contributed by atoms with Crippen molar-refractivity contribution in [2.75, 3.05) is 13.2 Å². The molecular formula is C9H16N6O3. The van der Waals surface area contributed by atoms with Crippen LogP contribution in [0.4, 0.5) is 0 Å². The molecule has 0 aliphatic carbocycles. The van der Waals surface area contributed by atoms with Gasteiger partial charge < -0.3 is 37.0 Å². The molecule has 0 amide bonds. The minimum Gasteiger partial charge on any atom is -0.394 e. The normalized spacial score (nSPS) is 40.7. The summed E-state index contributed by atoms with van der Waals surface area (Å²) in [7, 11) is 0. The van der Waals surface area contributed by atoms with Crippen LogP contribution >= 0.6 is 0 Å². The molecular weight excluding hydrogens is 240 g/mol. The average molecular weight is 256 g/mol. The summed E-state index contributed by atoms with van der Waals surface area (Å²) in [4.78, 5) is 9.80. The lowest BCUT2D eigenvalue weighted by atomic mass is 9.87. The van der Waals surface area contributed by atoms with Crippen molar-refractivity contribution in [3.63, 3.8) is 0 Å². The first-order valence-corrected chi connectivity index (χ1v) is 5.70. The third-order valence-corrected chi connectivity index (χ3v) is 3.87. The molecule has 3 rings (SSSR count). The zero-order valence-electron chi connectivity index (χ0n) is 9.61. The molecule has 100 valence electrons. The fourth-order valence-corrected chi connectivity index (χ4v) is 3.07. The number of hydrogen-bond donors (Lipinski definition) is 6. The van der Waals surface area contributed by atoms with Gasteiger partial charge >= 0.3 is 0 Å². The monoisotopic (exact) mass is 256 g/mol. The summed E-state index contributed by atoms with van der Waals surface area (Å²) in [5.74, 6) is -1.81. The van der Waals surface area contributed by atoms with Gasteiger partial charge in [-0.3, -0.25) is 0 Å². The van der Waals surface area contributed by atoms with Crippen molar-refractivity contribution < 1.29 is 15.3 Å². The van der Waals surface area contributed by atoms with Crippen LogP contribution < -0.4 is 16.8 Å². The van der Waals surface area contributed by atoms with Crippen molar-refractivity contribution in [2.45, 2.75) is 30.0 Å². The molecule has 9 nitrogen and oxygen atoms in total. The summed E-state index contributed by atoms with van der Waals surface area (Å²) >= 11 is 0. The predicted octanol–water partition coefficient (Wildman–Crippen LogP) is -3.95. The molecule has 3 atom stereocenters. The Morgan fingerprint density at radius 3 is 2.78 bits per heavy atom. The van der Waals surface area contributed by atoms with E-state index in [9.17, 15) is 15.3 Å². The number of nitrogens with two attached hydrogens (primary N) is 2. The van der Waals surface area contributed by atoms with Gasteiger partial charge in [-0.1, -0.05) is 0 Å². The number of rotatable bonds is 1. The summed E-state index contributed by atoms with van der Waals surface area (Å²) < 4.78 is 0. The van der Waals surface area contributed by atoms with E-state index in [1.807, 2.05) is 0 Å². The van der Waals surface area contributed by atoms with E-state index in [1.54, 1.807) is 4.90 Å². The van der Waals surface area contributed by atoms with Crippen LogP contribution in [-0.4, -0.2) is 68.8 Å². The van der Waals surface area contributed by atoms with Crippen LogP contribution in [0.2, 0.25) is 0 Å². The minimum absolute atomic E-state index is 0.0859. The summed E-state index contributed by atoms with van der Waals surface area (Å²) in [6.07, 6.45) is 0.0909. The number of aliphatic hydroxyl groups is 3. The zero-order valence-corrected chi connectivity index (χ0v) is 9.61. The molecule has 9 heteroatoms. The van der Waals surface area contributed by atoms with Gasteiger partial charge in [0.05, 0.1) is 6.61 Å². The van der Waals surface area contributed by atoms with E-state index in [1.165, 1.54) is 0 Å². The maximum absolute atomic E-state index is 10.2. The molecule has 1 spiro atoms. The Morgan fingerprint density at radius 2 is 2.11 bits per heavy atom. The van der Waals surface area contributed by atoms with Gasteiger partial charge in [-0.2, -0.15) is 0 Å². The number of aliphatic hydroxyl groups excluding tert-OH is 1. The summed E-state index contributed by atoms with van der Waals surface area (Å²) in [6, 6.07) is -1.33. The largest absolute Gasteiger partial charge is 0.394 e. The Hall–Kier alpha value is -1.58. The highest BCUT2D eigenvalue weighted by molar-refractivity contribution is 5.87. The van der Waals surface area contributed by atoms with Crippen LogP contribution in [0.1, 0.15) is 6.42 Å². The fourth-order valence-electron chi connectivity index (χ4n) is 3.07. The molecule has 0 aromatic heterocycles. The quantitative estimate of drug-likeness (QED) is 0.262. The lowest BCUT2D eigenvalue weighted by molar-refractivity contribution is -0.221. The minimum atomic E-state index is -2.05. The predicted molar refractivity (Wildman–Crippen MR) is 62.3 cm³/mol. The van der Waals surface area contributed by atoms with E-state index in [0.29, 0.717) is 6.54 Å². The molecule has 1 saturated heterocycles. The first-order valence-electron chi connectivity index (χ1n) is 5.70. The lowest BCUT2D eigenvalue weighted by Gasteiger charge is -2.48. The molecule has 0 aromatic carbocycles. The van der Waals surface area contributed by atoms with Gasteiger partial charge in [-0.05, 0) is 0 Å². The highest BCUT2D eigenvalue weighted by Gasteiger charge is 2.69. The molecule has 0 radical (unpaired) electrons. The highest BCUT2D eigenvalue weighted by Crippen LogP contribution is 2.44. The van der Waals surface area contributed by atoms with Crippen LogP contribution in [0.5, 0.6) is 0 Å². The standard InChI is InChI=1S/C9H16N6O3/c10-6-13-5-4(3-16)12-7(11)15-2-1-8(17,18)9(5,15)14-6/h4-5,16-18H,1-3H2,(H2,11,12)(H3,10,13,14)/t4-,5-,9-/m0/s1. The van der Waals surface area contributed by atoms with Gasteiger partial charge in [0.1, 0.15) is 12.1 Å². The molecule has 1 fully saturated rings. The van der Waals surface area contributed by atoms with Crippen molar-refractivity contribution in [2.24, 2.45) is 21.5 Å². The van der Waals surface area contributed by atoms with Gasteiger partial charge in [-0.15, -0.1) is 0 Å². The van der Waals surface area contributed by atoms with E-state index >= 15 is 0 Å². The Bertz CT molecular complexity index is 450. The zero-order chi connectivity index (χ0) is 13.1. The van der Waals surface area contributed by atoms with Crippen LogP contribution in [0.3, 0.4) is 0 Å². The van der Waals surface area contributed by atoms with Crippen molar-refractivity contribution >= 4 is 11.9 Å². The maximum Gasteiger partial charge on any atom is 0.210 e. The molecule has 3 aliphatic heterocycles. The van der Waals surface area contributed by atoms with Crippen molar-refractivity contribution in [3.05, 3.63) is 0 Å². The fraction of sp³-hybridized carbons (Fsp3) is 0.778. The molecule has 3 heterocycles. The second kappa shape index (κ2) is 3.25. The molecule has 3 aliphatic rings. The topological polar surface area (TPSA) is 153 Å². The highest BCUT2D eigenvalue weighted by atomic mass is 16.5. The molecule has 0 aromatic rings. The molecule has 8 N–H and O–H groups in total. The second-order valence-corrected chi connectivity index (χ2v) is 4.81. The van der Waals surface area contributed by atoms with E-state index in [2.05, 4.69) is 15.3 Å². The lowest BCUT2D eigenvalue weighted by Crippen LogP contribution is -2.76. The second-order valence-electron chi connectivity index (χ2n) is 4.81. The average Bonchev–Trinajstić information content (AvgIpc) is 2.77. The van der Waals surface area contributed by atoms with E-state index < -0.39 is 23.5 Å². The molecule has 0 unspecified atom stereocenters. The summed E-state index contributed by atoms with van der Waals surface area (Å²) in [6.45, 7) is 0.0300. The molecule has 18 heavy (non-hydrogen) atoms. The van der Waals surface area contributed by atoms with Crippen molar-refractivity contribution in [1.29, 1.82) is 0 Å². The Kier molecular flexibility index (Phi) is 2.08. The first kappa shape index (κ1) is 11.5. The van der Waals surface area contributed by atoms with E-state index in [-0.39, 0.29) is 24.9 Å². The SMILES string of the molecule is NC1=N[C@H]2[C@H](CO)N=C(N)N3CCC(O)(O)[C@]23N1. The van der Waals surface area contributed by atoms with Gasteiger partial charge in [-0.25, -0.2) is 9.98 Å². The number of aliphatic imine (C=N–C) groups is 2. The molecule has 0 saturated carbocycles. The van der Waals surface area contributed by atoms with E-state index in [0.717, 1.165) is 0 Å². The number of nitrogens with zero attached hydrogens (tertiary/aromatic N) is 3. The third kappa shape index (κ3) is 1.11. The van der Waals surface area contributed by atoms with E-state index in [4.69, 9.17) is 11.5 Å². The van der Waals surface area contributed by atoms with Gasteiger partial charge in [0.2, 0.25) is 5.79 Å². The number of nitrogens with one attached hydrogen (secondary N) is 1. The van der Waals surface area contributed by atoms with Gasteiger partial charge in [0.15, 0.2) is 17.6 Å². The first-order chi connectivity index (χ1) is 8.42. The van der Waals surface area contributed by atoms with Gasteiger partial charge in [0.25, 0.3) is 0 Å². The molecule has 0 bridgehead atoms. The third-order valence-electron chi connectivity index (χ3n) is 3.87. The Morgan fingerprint density at radius 1 is 1.39 bits per heavy atom. The van der Waals surface area contributed by atoms with Crippen LogP contribution in [0, 0.1) is 0 Å². The smallest absolute Gasteiger partial charge is 0.210 e. The Balaban J connectivity index is 2.15. The number of hydrogen-bond acceptors (Lipinski definition) is 9. The Labute approximate surface area is 103 Å². The van der Waals surface area contributed by atoms with Crippen LogP contribution in [0.15, 0.2) is 9.98 Å². The van der Waals surface area contributed by atoms with Crippen molar-refractivity contribution in [1.82, 2.24) is 10.2 Å². The van der Waals surface area contributed by atoms with Crippen molar-refractivity contribution in [3.8, 4) is 0 Å². The number of guanidine groups is 2. The maximum atomic E-state index is 10.2. The summed E-state index contributed by atoms with van der Waals surface area (Å²) in [5, 5.41) is 32.6.